The number of nitrogens with zero attached hydrogens (tertiary/aromatic N) is 3. The lowest BCUT2D eigenvalue weighted by Gasteiger charge is -2.11. The van der Waals surface area contributed by atoms with Crippen LogP contribution in [0, 0.1) is 0 Å². The molecule has 122 valence electrons. The molecule has 0 unspecified atom stereocenters. The van der Waals surface area contributed by atoms with Gasteiger partial charge < -0.3 is 15.3 Å². The number of hydrogen-bond acceptors (Lipinski definition) is 5. The highest BCUT2D eigenvalue weighted by Gasteiger charge is 2.03. The molecule has 0 aliphatic rings. The smallest absolute Gasteiger partial charge is 0.328 e. The molecule has 1 aromatic heterocycles. The third-order valence-electron chi connectivity index (χ3n) is 2.80. The zero-order valence-corrected chi connectivity index (χ0v) is 13.5. The number of rotatable bonds is 9. The van der Waals surface area contributed by atoms with Gasteiger partial charge in [-0.3, -0.25) is 4.98 Å². The number of carbonyl (C=O) groups is 1. The molecule has 2 N–H and O–H groups in total. The number of anilines is 1. The molecule has 1 heterocycles. The van der Waals surface area contributed by atoms with Crippen LogP contribution in [-0.4, -0.2) is 53.1 Å². The molecule has 6 heteroatoms. The first kappa shape index (κ1) is 18.3. The van der Waals surface area contributed by atoms with Crippen molar-refractivity contribution in [2.24, 2.45) is 0 Å². The van der Waals surface area contributed by atoms with Crippen LogP contribution < -0.4 is 5.32 Å². The minimum absolute atomic E-state index is 0.537. The standard InChI is InChI=1S/C17H22N4O2/c1-5-14(10-13(2)6-7-17(22)23)15-11-18-12-16(20-15)19-8-9-21(3)4/h5-7,10-12H,1-2,8-9H2,3-4H3,(H,19,20)(H,22,23)/b7-6+,14-10+. The molecular formula is C17H22N4O2. The summed E-state index contributed by atoms with van der Waals surface area (Å²) >= 11 is 0. The molecule has 0 saturated heterocycles. The van der Waals surface area contributed by atoms with E-state index < -0.39 is 5.97 Å². The first-order valence-electron chi connectivity index (χ1n) is 7.07. The summed E-state index contributed by atoms with van der Waals surface area (Å²) in [7, 11) is 4.00. The van der Waals surface area contributed by atoms with E-state index in [1.165, 1.54) is 6.08 Å². The van der Waals surface area contributed by atoms with Crippen molar-refractivity contribution in [1.29, 1.82) is 0 Å². The van der Waals surface area contributed by atoms with E-state index >= 15 is 0 Å². The van der Waals surface area contributed by atoms with E-state index in [2.05, 4.69) is 33.3 Å². The first-order valence-corrected chi connectivity index (χ1v) is 7.07. The van der Waals surface area contributed by atoms with Gasteiger partial charge in [-0.15, -0.1) is 0 Å². The Morgan fingerprint density at radius 2 is 2.13 bits per heavy atom. The first-order chi connectivity index (χ1) is 10.9. The molecule has 23 heavy (non-hydrogen) atoms. The molecule has 0 aromatic carbocycles. The minimum Gasteiger partial charge on any atom is -0.478 e. The van der Waals surface area contributed by atoms with Gasteiger partial charge in [0.1, 0.15) is 5.82 Å². The van der Waals surface area contributed by atoms with E-state index in [4.69, 9.17) is 5.11 Å². The highest BCUT2D eigenvalue weighted by atomic mass is 16.4. The number of allylic oxidation sites excluding steroid dienone is 5. The van der Waals surface area contributed by atoms with Gasteiger partial charge in [0.2, 0.25) is 0 Å². The summed E-state index contributed by atoms with van der Waals surface area (Å²) < 4.78 is 0. The molecule has 0 amide bonds. The Morgan fingerprint density at radius 1 is 1.39 bits per heavy atom. The van der Waals surface area contributed by atoms with Gasteiger partial charge in [0.15, 0.2) is 0 Å². The van der Waals surface area contributed by atoms with Crippen LogP contribution in [0.2, 0.25) is 0 Å². The van der Waals surface area contributed by atoms with Gasteiger partial charge >= 0.3 is 5.97 Å². The lowest BCUT2D eigenvalue weighted by atomic mass is 10.1. The van der Waals surface area contributed by atoms with E-state index in [0.717, 1.165) is 19.2 Å². The number of aliphatic carboxylic acids is 1. The van der Waals surface area contributed by atoms with Crippen LogP contribution in [-0.2, 0) is 4.79 Å². The third-order valence-corrected chi connectivity index (χ3v) is 2.80. The molecule has 0 saturated carbocycles. The molecule has 0 aliphatic carbocycles. The zero-order valence-electron chi connectivity index (χ0n) is 13.5. The summed E-state index contributed by atoms with van der Waals surface area (Å²) in [5, 5.41) is 11.8. The average Bonchev–Trinajstić information content (AvgIpc) is 2.50. The van der Waals surface area contributed by atoms with Crippen molar-refractivity contribution in [3.8, 4) is 0 Å². The highest BCUT2D eigenvalue weighted by molar-refractivity contribution is 5.81. The number of aromatic nitrogens is 2. The molecule has 0 spiro atoms. The van der Waals surface area contributed by atoms with Crippen LogP contribution in [0.4, 0.5) is 5.82 Å². The predicted molar refractivity (Wildman–Crippen MR) is 93.2 cm³/mol. The Labute approximate surface area is 136 Å². The van der Waals surface area contributed by atoms with Gasteiger partial charge in [-0.25, -0.2) is 9.78 Å². The zero-order chi connectivity index (χ0) is 17.2. The van der Waals surface area contributed by atoms with Gasteiger partial charge in [0.25, 0.3) is 0 Å². The minimum atomic E-state index is -1.02. The highest BCUT2D eigenvalue weighted by Crippen LogP contribution is 2.16. The van der Waals surface area contributed by atoms with E-state index in [1.54, 1.807) is 24.5 Å². The van der Waals surface area contributed by atoms with Crippen molar-refractivity contribution >= 4 is 17.4 Å². The van der Waals surface area contributed by atoms with Crippen LogP contribution in [0.15, 0.2) is 55.4 Å². The van der Waals surface area contributed by atoms with Gasteiger partial charge in [-0.2, -0.15) is 0 Å². The summed E-state index contributed by atoms with van der Waals surface area (Å²) in [6.07, 6.45) is 9.06. The molecular weight excluding hydrogens is 292 g/mol. The van der Waals surface area contributed by atoms with Gasteiger partial charge in [-0.1, -0.05) is 19.2 Å². The summed E-state index contributed by atoms with van der Waals surface area (Å²) in [5.41, 5.74) is 1.89. The number of nitrogens with one attached hydrogen (secondary N) is 1. The second-order valence-corrected chi connectivity index (χ2v) is 5.07. The summed E-state index contributed by atoms with van der Waals surface area (Å²) in [4.78, 5) is 21.2. The SMILES string of the molecule is C=C/C(=C\C(=C)/C=C/C(=O)O)c1cncc(NCCN(C)C)n1. The molecule has 0 aliphatic heterocycles. The van der Waals surface area contributed by atoms with Crippen molar-refractivity contribution in [2.75, 3.05) is 32.5 Å². The third kappa shape index (κ3) is 7.19. The quantitative estimate of drug-likeness (QED) is 0.537. The van der Waals surface area contributed by atoms with Gasteiger partial charge in [-0.05, 0) is 31.8 Å². The Morgan fingerprint density at radius 3 is 2.74 bits per heavy atom. The molecule has 6 nitrogen and oxygen atoms in total. The summed E-state index contributed by atoms with van der Waals surface area (Å²) in [6.45, 7) is 9.18. The van der Waals surface area contributed by atoms with Gasteiger partial charge in [0, 0.05) is 24.7 Å². The predicted octanol–water partition coefficient (Wildman–Crippen LogP) is 2.22. The van der Waals surface area contributed by atoms with E-state index in [1.807, 2.05) is 14.1 Å². The van der Waals surface area contributed by atoms with Crippen molar-refractivity contribution < 1.29 is 9.90 Å². The molecule has 0 bridgehead atoms. The topological polar surface area (TPSA) is 78.3 Å². The number of carboxylic acid groups (broad SMARTS) is 1. The Bertz CT molecular complexity index is 633. The van der Waals surface area contributed by atoms with Crippen LogP contribution >= 0.6 is 0 Å². The van der Waals surface area contributed by atoms with E-state index in [-0.39, 0.29) is 0 Å². The molecule has 0 atom stereocenters. The fraction of sp³-hybridized carbons (Fsp3) is 0.235. The summed E-state index contributed by atoms with van der Waals surface area (Å²) in [6, 6.07) is 0. The number of likely N-dealkylation sites (N-methyl/N-ethyl adjacent to an activating group) is 1. The monoisotopic (exact) mass is 314 g/mol. The van der Waals surface area contributed by atoms with E-state index in [9.17, 15) is 4.79 Å². The average molecular weight is 314 g/mol. The van der Waals surface area contributed by atoms with Crippen molar-refractivity contribution in [2.45, 2.75) is 0 Å². The van der Waals surface area contributed by atoms with Crippen molar-refractivity contribution in [1.82, 2.24) is 14.9 Å². The lowest BCUT2D eigenvalue weighted by Crippen LogP contribution is -2.21. The summed E-state index contributed by atoms with van der Waals surface area (Å²) in [5.74, 6) is -0.352. The fourth-order valence-electron chi connectivity index (χ4n) is 1.66. The number of carboxylic acids is 1. The molecule has 1 rings (SSSR count). The van der Waals surface area contributed by atoms with Crippen LogP contribution in [0.25, 0.3) is 5.57 Å². The largest absolute Gasteiger partial charge is 0.478 e. The maximum Gasteiger partial charge on any atom is 0.328 e. The Balaban J connectivity index is 2.87. The Hall–Kier alpha value is -2.73. The van der Waals surface area contributed by atoms with Crippen LogP contribution in [0.3, 0.4) is 0 Å². The van der Waals surface area contributed by atoms with Crippen LogP contribution in [0.1, 0.15) is 5.69 Å². The maximum atomic E-state index is 10.5. The van der Waals surface area contributed by atoms with Crippen molar-refractivity contribution in [3.63, 3.8) is 0 Å². The van der Waals surface area contributed by atoms with Crippen LogP contribution in [0.5, 0.6) is 0 Å². The fourth-order valence-corrected chi connectivity index (χ4v) is 1.66. The Kier molecular flexibility index (Phi) is 7.42. The van der Waals surface area contributed by atoms with Crippen molar-refractivity contribution in [3.05, 3.63) is 61.1 Å². The van der Waals surface area contributed by atoms with E-state index in [0.29, 0.717) is 22.7 Å². The maximum absolute atomic E-state index is 10.5. The molecule has 1 aromatic rings. The number of hydrogen-bond donors (Lipinski definition) is 2. The lowest BCUT2D eigenvalue weighted by molar-refractivity contribution is -0.131. The second-order valence-electron chi connectivity index (χ2n) is 5.07. The van der Waals surface area contributed by atoms with Gasteiger partial charge in [0.05, 0.1) is 18.1 Å². The molecule has 0 radical (unpaired) electrons. The second kappa shape index (κ2) is 9.32. The normalized spacial score (nSPS) is 11.7. The molecule has 0 fully saturated rings.